The molecule has 2 atom stereocenters. The van der Waals surface area contributed by atoms with Crippen LogP contribution in [-0.4, -0.2) is 23.3 Å². The highest BCUT2D eigenvalue weighted by molar-refractivity contribution is 5.83. The summed E-state index contributed by atoms with van der Waals surface area (Å²) >= 11 is 0. The number of hydrogen-bond donors (Lipinski definition) is 0. The molecular weight excluding hydrogens is 210 g/mol. The number of rotatable bonds is 2. The molecule has 1 aromatic rings. The average Bonchev–Trinajstić information content (AvgIpc) is 2.84. The zero-order chi connectivity index (χ0) is 11.7. The summed E-state index contributed by atoms with van der Waals surface area (Å²) in [5.74, 6) is 0.851. The van der Waals surface area contributed by atoms with Crippen molar-refractivity contribution < 1.29 is 4.79 Å². The summed E-state index contributed by atoms with van der Waals surface area (Å²) in [7, 11) is 0. The van der Waals surface area contributed by atoms with Gasteiger partial charge in [0.1, 0.15) is 5.78 Å². The van der Waals surface area contributed by atoms with E-state index in [1.54, 1.807) is 0 Å². The van der Waals surface area contributed by atoms with Crippen molar-refractivity contribution in [3.63, 3.8) is 0 Å². The Morgan fingerprint density at radius 3 is 2.82 bits per heavy atom. The van der Waals surface area contributed by atoms with E-state index in [9.17, 15) is 4.79 Å². The van der Waals surface area contributed by atoms with Gasteiger partial charge in [-0.15, -0.1) is 0 Å². The SMILES string of the molecule is O=C1CCN(Cc2ccccc2)C2CCC[C@@H]12. The number of nitrogens with zero attached hydrogens (tertiary/aromatic N) is 1. The van der Waals surface area contributed by atoms with Crippen LogP contribution in [0.2, 0.25) is 0 Å². The fraction of sp³-hybridized carbons (Fsp3) is 0.533. The highest BCUT2D eigenvalue weighted by Crippen LogP contribution is 2.35. The van der Waals surface area contributed by atoms with E-state index in [4.69, 9.17) is 0 Å². The van der Waals surface area contributed by atoms with E-state index in [1.807, 2.05) is 0 Å². The maximum Gasteiger partial charge on any atom is 0.138 e. The lowest BCUT2D eigenvalue weighted by molar-refractivity contribution is -0.128. The molecule has 0 aromatic heterocycles. The minimum atomic E-state index is 0.340. The molecule has 1 saturated carbocycles. The second-order valence-corrected chi connectivity index (χ2v) is 5.28. The molecule has 1 aliphatic carbocycles. The predicted octanol–water partition coefficient (Wildman–Crippen LogP) is 2.63. The van der Waals surface area contributed by atoms with Crippen molar-refractivity contribution in [2.75, 3.05) is 6.54 Å². The van der Waals surface area contributed by atoms with Crippen LogP contribution in [0.15, 0.2) is 30.3 Å². The third-order valence-electron chi connectivity index (χ3n) is 4.24. The minimum Gasteiger partial charge on any atom is -0.299 e. The summed E-state index contributed by atoms with van der Waals surface area (Å²) in [6.07, 6.45) is 4.32. The summed E-state index contributed by atoms with van der Waals surface area (Å²) in [5, 5.41) is 0. The van der Waals surface area contributed by atoms with Gasteiger partial charge >= 0.3 is 0 Å². The highest BCUT2D eigenvalue weighted by atomic mass is 16.1. The zero-order valence-corrected chi connectivity index (χ0v) is 10.1. The zero-order valence-electron chi connectivity index (χ0n) is 10.1. The van der Waals surface area contributed by atoms with E-state index < -0.39 is 0 Å². The Morgan fingerprint density at radius 2 is 2.00 bits per heavy atom. The number of Topliss-reactive ketones (excluding diaryl/α,β-unsaturated/α-hetero) is 1. The third-order valence-corrected chi connectivity index (χ3v) is 4.24. The predicted molar refractivity (Wildman–Crippen MR) is 67.6 cm³/mol. The Hall–Kier alpha value is -1.15. The molecule has 2 nitrogen and oxygen atoms in total. The van der Waals surface area contributed by atoms with E-state index in [0.29, 0.717) is 17.7 Å². The molecule has 1 aliphatic heterocycles. The number of hydrogen-bond acceptors (Lipinski definition) is 2. The molecule has 0 amide bonds. The van der Waals surface area contributed by atoms with Crippen molar-refractivity contribution in [2.24, 2.45) is 5.92 Å². The van der Waals surface area contributed by atoms with E-state index >= 15 is 0 Å². The van der Waals surface area contributed by atoms with Crippen molar-refractivity contribution in [1.82, 2.24) is 4.90 Å². The van der Waals surface area contributed by atoms with Crippen molar-refractivity contribution in [1.29, 1.82) is 0 Å². The lowest BCUT2D eigenvalue weighted by Gasteiger charge is -2.36. The number of fused-ring (bicyclic) bond motifs is 1. The molecule has 1 saturated heterocycles. The Labute approximate surface area is 103 Å². The molecule has 0 radical (unpaired) electrons. The number of piperidine rings is 1. The highest BCUT2D eigenvalue weighted by Gasteiger charge is 2.39. The number of likely N-dealkylation sites (tertiary alicyclic amines) is 1. The molecule has 1 aromatic carbocycles. The van der Waals surface area contributed by atoms with Gasteiger partial charge in [-0.3, -0.25) is 9.69 Å². The first kappa shape index (κ1) is 11.0. The van der Waals surface area contributed by atoms with Gasteiger partial charge in [0.25, 0.3) is 0 Å². The molecule has 0 bridgehead atoms. The van der Waals surface area contributed by atoms with E-state index in [1.165, 1.54) is 18.4 Å². The first-order chi connectivity index (χ1) is 8.34. The largest absolute Gasteiger partial charge is 0.299 e. The Kier molecular flexibility index (Phi) is 2.98. The second kappa shape index (κ2) is 4.61. The Morgan fingerprint density at radius 1 is 1.18 bits per heavy atom. The molecule has 1 heterocycles. The van der Waals surface area contributed by atoms with E-state index in [2.05, 4.69) is 35.2 Å². The van der Waals surface area contributed by atoms with Crippen LogP contribution in [-0.2, 0) is 11.3 Å². The van der Waals surface area contributed by atoms with Gasteiger partial charge in [-0.25, -0.2) is 0 Å². The summed E-state index contributed by atoms with van der Waals surface area (Å²) in [6, 6.07) is 11.1. The van der Waals surface area contributed by atoms with Gasteiger partial charge < -0.3 is 0 Å². The fourth-order valence-corrected chi connectivity index (χ4v) is 3.37. The number of carbonyl (C=O) groups is 1. The molecule has 0 N–H and O–H groups in total. The molecule has 1 unspecified atom stereocenters. The van der Waals surface area contributed by atoms with Crippen LogP contribution in [0.3, 0.4) is 0 Å². The van der Waals surface area contributed by atoms with Gasteiger partial charge in [-0.2, -0.15) is 0 Å². The van der Waals surface area contributed by atoms with Gasteiger partial charge in [-0.05, 0) is 18.4 Å². The van der Waals surface area contributed by atoms with Crippen molar-refractivity contribution in [3.8, 4) is 0 Å². The standard InChI is InChI=1S/C15H19NO/c17-15-9-10-16(14-8-4-7-13(14)15)11-12-5-2-1-3-6-12/h1-3,5-6,13-14H,4,7-11H2/t13-,14?/m1/s1. The monoisotopic (exact) mass is 229 g/mol. The maximum absolute atomic E-state index is 11.8. The topological polar surface area (TPSA) is 20.3 Å². The Balaban J connectivity index is 1.73. The van der Waals surface area contributed by atoms with E-state index in [-0.39, 0.29) is 0 Å². The van der Waals surface area contributed by atoms with Crippen LogP contribution < -0.4 is 0 Å². The van der Waals surface area contributed by atoms with Crippen LogP contribution in [0.4, 0.5) is 0 Å². The molecule has 0 spiro atoms. The van der Waals surface area contributed by atoms with Crippen LogP contribution in [0.5, 0.6) is 0 Å². The van der Waals surface area contributed by atoms with Gasteiger partial charge in [0, 0.05) is 31.5 Å². The molecule has 3 rings (SSSR count). The van der Waals surface area contributed by atoms with E-state index in [0.717, 1.165) is 25.9 Å². The minimum absolute atomic E-state index is 0.340. The molecule has 2 heteroatoms. The molecule has 2 fully saturated rings. The van der Waals surface area contributed by atoms with Crippen LogP contribution in [0.1, 0.15) is 31.2 Å². The van der Waals surface area contributed by atoms with Crippen molar-refractivity contribution >= 4 is 5.78 Å². The summed E-state index contributed by atoms with van der Waals surface area (Å²) in [5.41, 5.74) is 1.37. The number of ketones is 1. The van der Waals surface area contributed by atoms with Crippen LogP contribution >= 0.6 is 0 Å². The number of benzene rings is 1. The van der Waals surface area contributed by atoms with Crippen molar-refractivity contribution in [3.05, 3.63) is 35.9 Å². The second-order valence-electron chi connectivity index (χ2n) is 5.28. The quantitative estimate of drug-likeness (QED) is 0.777. The first-order valence-corrected chi connectivity index (χ1v) is 6.65. The van der Waals surface area contributed by atoms with Gasteiger partial charge in [0.2, 0.25) is 0 Å². The van der Waals surface area contributed by atoms with Crippen LogP contribution in [0, 0.1) is 5.92 Å². The van der Waals surface area contributed by atoms with Gasteiger partial charge in [0.05, 0.1) is 0 Å². The third kappa shape index (κ3) is 2.14. The molecular formula is C15H19NO. The summed E-state index contributed by atoms with van der Waals surface area (Å²) < 4.78 is 0. The summed E-state index contributed by atoms with van der Waals surface area (Å²) in [4.78, 5) is 14.4. The lowest BCUT2D eigenvalue weighted by atomic mass is 9.90. The number of carbonyl (C=O) groups excluding carboxylic acids is 1. The summed E-state index contributed by atoms with van der Waals surface area (Å²) in [6.45, 7) is 1.96. The normalized spacial score (nSPS) is 29.3. The van der Waals surface area contributed by atoms with Gasteiger partial charge in [0.15, 0.2) is 0 Å². The fourth-order valence-electron chi connectivity index (χ4n) is 3.37. The van der Waals surface area contributed by atoms with Crippen LogP contribution in [0.25, 0.3) is 0 Å². The van der Waals surface area contributed by atoms with Gasteiger partial charge in [-0.1, -0.05) is 36.8 Å². The molecule has 90 valence electrons. The lowest BCUT2D eigenvalue weighted by Crippen LogP contribution is -2.46. The smallest absolute Gasteiger partial charge is 0.138 e. The van der Waals surface area contributed by atoms with Crippen molar-refractivity contribution in [2.45, 2.75) is 38.3 Å². The maximum atomic E-state index is 11.8. The molecule has 17 heavy (non-hydrogen) atoms. The average molecular weight is 229 g/mol. The first-order valence-electron chi connectivity index (χ1n) is 6.65. The Bertz CT molecular complexity index is 401. The molecule has 2 aliphatic rings.